The highest BCUT2D eigenvalue weighted by Gasteiger charge is 2.44. The van der Waals surface area contributed by atoms with E-state index in [1.54, 1.807) is 24.0 Å². The van der Waals surface area contributed by atoms with Gasteiger partial charge in [0.1, 0.15) is 6.04 Å². The van der Waals surface area contributed by atoms with Gasteiger partial charge in [-0.3, -0.25) is 9.59 Å². The van der Waals surface area contributed by atoms with E-state index in [1.807, 2.05) is 0 Å². The number of hydrogen-bond donors (Lipinski definition) is 1. The van der Waals surface area contributed by atoms with Gasteiger partial charge < -0.3 is 10.2 Å². The lowest BCUT2D eigenvalue weighted by molar-refractivity contribution is -0.142. The highest BCUT2D eigenvalue weighted by Crippen LogP contribution is 2.29. The molecule has 3 heterocycles. The van der Waals surface area contributed by atoms with Crippen LogP contribution in [0.1, 0.15) is 56.2 Å². The molecular weight excluding hydrogens is 492 g/mol. The van der Waals surface area contributed by atoms with Crippen molar-refractivity contribution >= 4 is 22.0 Å². The van der Waals surface area contributed by atoms with Gasteiger partial charge in [-0.05, 0) is 38.2 Å². The molecule has 3 aliphatic heterocycles. The first-order chi connectivity index (χ1) is 17.1. The van der Waals surface area contributed by atoms with Crippen LogP contribution in [-0.2, 0) is 19.8 Å². The van der Waals surface area contributed by atoms with Crippen LogP contribution in [0, 0.1) is 23.2 Å². The third-order valence-electron chi connectivity index (χ3n) is 7.30. The van der Waals surface area contributed by atoms with Gasteiger partial charge in [-0.1, -0.05) is 24.3 Å². The number of piperidine rings is 1. The van der Waals surface area contributed by atoms with E-state index in [0.29, 0.717) is 44.3 Å². The summed E-state index contributed by atoms with van der Waals surface area (Å²) in [5.41, 5.74) is 0.591. The molecule has 4 rings (SSSR count). The zero-order valence-electron chi connectivity index (χ0n) is 20.1. The SMILES string of the molecule is C[C@@H](NC(=O)[C@H]1CCCN1C(=O)[C@H]1CCCN(S(=O)(=O)N2CC(C#N)C2)C1)c1ccc(C(F)F)cc1. The Morgan fingerprint density at radius 1 is 1.03 bits per heavy atom. The first kappa shape index (κ1) is 26.4. The Bertz CT molecular complexity index is 1120. The van der Waals surface area contributed by atoms with Crippen LogP contribution in [0.2, 0.25) is 0 Å². The molecule has 3 fully saturated rings. The van der Waals surface area contributed by atoms with Crippen LogP contribution in [0.5, 0.6) is 0 Å². The smallest absolute Gasteiger partial charge is 0.282 e. The first-order valence-electron chi connectivity index (χ1n) is 12.3. The average molecular weight is 524 g/mol. The fourth-order valence-electron chi connectivity index (χ4n) is 5.09. The maximum atomic E-state index is 13.4. The number of halogens is 2. The number of benzene rings is 1. The van der Waals surface area contributed by atoms with Crippen molar-refractivity contribution in [3.8, 4) is 6.07 Å². The van der Waals surface area contributed by atoms with Crippen LogP contribution in [0.25, 0.3) is 0 Å². The lowest BCUT2D eigenvalue weighted by atomic mass is 9.97. The Morgan fingerprint density at radius 3 is 2.31 bits per heavy atom. The summed E-state index contributed by atoms with van der Waals surface area (Å²) >= 11 is 0. The Labute approximate surface area is 210 Å². The molecule has 2 amide bonds. The van der Waals surface area contributed by atoms with E-state index in [0.717, 1.165) is 0 Å². The van der Waals surface area contributed by atoms with Gasteiger partial charge in [0.25, 0.3) is 16.6 Å². The van der Waals surface area contributed by atoms with E-state index in [9.17, 15) is 26.8 Å². The molecule has 1 aromatic rings. The van der Waals surface area contributed by atoms with Gasteiger partial charge in [-0.25, -0.2) is 8.78 Å². The molecule has 3 saturated heterocycles. The fourth-order valence-corrected chi connectivity index (χ4v) is 6.88. The number of nitriles is 1. The van der Waals surface area contributed by atoms with E-state index in [4.69, 9.17) is 5.26 Å². The molecule has 3 aliphatic rings. The van der Waals surface area contributed by atoms with Crippen molar-refractivity contribution in [2.24, 2.45) is 11.8 Å². The van der Waals surface area contributed by atoms with Crippen molar-refractivity contribution in [2.75, 3.05) is 32.7 Å². The molecule has 12 heteroatoms. The number of carbonyl (C=O) groups is 2. The van der Waals surface area contributed by atoms with Gasteiger partial charge in [-0.2, -0.15) is 22.3 Å². The highest BCUT2D eigenvalue weighted by molar-refractivity contribution is 7.86. The molecule has 0 spiro atoms. The minimum atomic E-state index is -3.72. The Hall–Kier alpha value is -2.62. The second-order valence-electron chi connectivity index (χ2n) is 9.74. The van der Waals surface area contributed by atoms with Gasteiger partial charge in [0.2, 0.25) is 11.8 Å². The van der Waals surface area contributed by atoms with Crippen LogP contribution in [0.4, 0.5) is 8.78 Å². The van der Waals surface area contributed by atoms with Crippen molar-refractivity contribution in [1.82, 2.24) is 18.8 Å². The maximum Gasteiger partial charge on any atom is 0.282 e. The molecule has 0 radical (unpaired) electrons. The summed E-state index contributed by atoms with van der Waals surface area (Å²) in [7, 11) is -3.72. The lowest BCUT2D eigenvalue weighted by Crippen LogP contribution is -2.57. The number of carbonyl (C=O) groups excluding carboxylic acids is 2. The number of amides is 2. The Balaban J connectivity index is 1.37. The van der Waals surface area contributed by atoms with Crippen molar-refractivity contribution in [3.05, 3.63) is 35.4 Å². The Kier molecular flexibility index (Phi) is 7.92. The van der Waals surface area contributed by atoms with E-state index in [1.165, 1.54) is 20.7 Å². The molecule has 0 bridgehead atoms. The number of nitrogens with zero attached hydrogens (tertiary/aromatic N) is 4. The fraction of sp³-hybridized carbons (Fsp3) is 0.625. The molecule has 9 nitrogen and oxygen atoms in total. The quantitative estimate of drug-likeness (QED) is 0.589. The summed E-state index contributed by atoms with van der Waals surface area (Å²) in [4.78, 5) is 28.0. The van der Waals surface area contributed by atoms with Crippen LogP contribution >= 0.6 is 0 Å². The predicted octanol–water partition coefficient (Wildman–Crippen LogP) is 2.20. The minimum absolute atomic E-state index is 0.0621. The van der Waals surface area contributed by atoms with Gasteiger partial charge in [0.05, 0.1) is 23.9 Å². The summed E-state index contributed by atoms with van der Waals surface area (Å²) in [5.74, 6) is -1.36. The summed E-state index contributed by atoms with van der Waals surface area (Å²) < 4.78 is 54.0. The molecule has 1 aromatic carbocycles. The molecule has 196 valence electrons. The van der Waals surface area contributed by atoms with Crippen LogP contribution < -0.4 is 5.32 Å². The normalized spacial score (nSPS) is 24.8. The van der Waals surface area contributed by atoms with Gasteiger partial charge in [0.15, 0.2) is 0 Å². The number of nitrogens with one attached hydrogen (secondary N) is 1. The molecule has 1 N–H and O–H groups in total. The van der Waals surface area contributed by atoms with E-state index >= 15 is 0 Å². The summed E-state index contributed by atoms with van der Waals surface area (Å²) in [6.45, 7) is 2.91. The lowest BCUT2D eigenvalue weighted by Gasteiger charge is -2.41. The molecular formula is C24H31F2N5O4S. The standard InChI is InChI=1S/C24H31F2N5O4S/c1-16(18-6-8-19(9-7-18)22(25)26)28-23(32)21-5-3-11-31(21)24(33)20-4-2-10-29(15-20)36(34,35)30-13-17(12-27)14-30/h6-9,16-17,20-22H,2-5,10-11,13-15H2,1H3,(H,28,32)/t16-,20+,21-/m1/s1. The van der Waals surface area contributed by atoms with Gasteiger partial charge in [0, 0.05) is 38.3 Å². The largest absolute Gasteiger partial charge is 0.348 e. The van der Waals surface area contributed by atoms with Crippen LogP contribution in [0.3, 0.4) is 0 Å². The number of likely N-dealkylation sites (tertiary alicyclic amines) is 1. The zero-order chi connectivity index (χ0) is 26.0. The minimum Gasteiger partial charge on any atom is -0.348 e. The van der Waals surface area contributed by atoms with Crippen molar-refractivity contribution < 1.29 is 26.8 Å². The molecule has 0 unspecified atom stereocenters. The monoisotopic (exact) mass is 523 g/mol. The zero-order valence-corrected chi connectivity index (χ0v) is 21.0. The molecule has 0 aliphatic carbocycles. The molecule has 0 saturated carbocycles. The number of rotatable bonds is 7. The Morgan fingerprint density at radius 2 is 1.67 bits per heavy atom. The third-order valence-corrected chi connectivity index (χ3v) is 9.24. The summed E-state index contributed by atoms with van der Waals surface area (Å²) in [6, 6.07) is 6.75. The maximum absolute atomic E-state index is 13.4. The first-order valence-corrected chi connectivity index (χ1v) is 13.6. The number of alkyl halides is 2. The van der Waals surface area contributed by atoms with Crippen molar-refractivity contribution in [2.45, 2.75) is 51.1 Å². The van der Waals surface area contributed by atoms with Gasteiger partial charge >= 0.3 is 0 Å². The summed E-state index contributed by atoms with van der Waals surface area (Å²) in [6.07, 6.45) is -0.301. The average Bonchev–Trinajstić information content (AvgIpc) is 3.33. The molecule has 0 aromatic heterocycles. The van der Waals surface area contributed by atoms with Gasteiger partial charge in [-0.15, -0.1) is 0 Å². The summed E-state index contributed by atoms with van der Waals surface area (Å²) in [5, 5.41) is 11.8. The van der Waals surface area contributed by atoms with E-state index in [2.05, 4.69) is 11.4 Å². The predicted molar refractivity (Wildman–Crippen MR) is 127 cm³/mol. The topological polar surface area (TPSA) is 114 Å². The van der Waals surface area contributed by atoms with Crippen molar-refractivity contribution in [1.29, 1.82) is 5.26 Å². The molecule has 36 heavy (non-hydrogen) atoms. The van der Waals surface area contributed by atoms with E-state index in [-0.39, 0.29) is 42.9 Å². The third kappa shape index (κ3) is 5.38. The second kappa shape index (κ2) is 10.8. The van der Waals surface area contributed by atoms with E-state index < -0.39 is 34.6 Å². The highest BCUT2D eigenvalue weighted by atomic mass is 32.2. The molecule has 3 atom stereocenters. The second-order valence-corrected chi connectivity index (χ2v) is 11.7. The van der Waals surface area contributed by atoms with Crippen molar-refractivity contribution in [3.63, 3.8) is 0 Å². The van der Waals surface area contributed by atoms with Crippen LogP contribution in [-0.4, -0.2) is 72.5 Å². The van der Waals surface area contributed by atoms with Crippen LogP contribution in [0.15, 0.2) is 24.3 Å². The number of hydrogen-bond acceptors (Lipinski definition) is 5.